The van der Waals surface area contributed by atoms with E-state index in [9.17, 15) is 13.2 Å². The predicted molar refractivity (Wildman–Crippen MR) is 148 cm³/mol. The van der Waals surface area contributed by atoms with E-state index in [0.29, 0.717) is 35.9 Å². The van der Waals surface area contributed by atoms with Gasteiger partial charge < -0.3 is 14.6 Å². The van der Waals surface area contributed by atoms with Crippen molar-refractivity contribution in [2.75, 3.05) is 25.6 Å². The van der Waals surface area contributed by atoms with E-state index in [-0.39, 0.29) is 36.2 Å². The van der Waals surface area contributed by atoms with Crippen LogP contribution in [0.3, 0.4) is 0 Å². The highest BCUT2D eigenvalue weighted by atomic mass is 35.5. The van der Waals surface area contributed by atoms with Gasteiger partial charge >= 0.3 is 0 Å². The predicted octanol–water partition coefficient (Wildman–Crippen LogP) is 3.30. The van der Waals surface area contributed by atoms with Gasteiger partial charge in [0.25, 0.3) is 5.91 Å². The number of carbonyl (C=O) groups is 1. The number of hydrazine groups is 1. The number of aliphatic imine (C=N–C) groups is 1. The van der Waals surface area contributed by atoms with Crippen LogP contribution in [0, 0.1) is 0 Å². The van der Waals surface area contributed by atoms with Crippen LogP contribution >= 0.6 is 11.6 Å². The van der Waals surface area contributed by atoms with Gasteiger partial charge in [-0.1, -0.05) is 41.9 Å². The van der Waals surface area contributed by atoms with E-state index >= 15 is 0 Å². The van der Waals surface area contributed by atoms with Crippen LogP contribution in [0.5, 0.6) is 5.75 Å². The summed E-state index contributed by atoms with van der Waals surface area (Å²) in [5.74, 6) is 0.0518. The Morgan fingerprint density at radius 2 is 1.85 bits per heavy atom. The van der Waals surface area contributed by atoms with Crippen LogP contribution in [0.1, 0.15) is 24.0 Å². The summed E-state index contributed by atoms with van der Waals surface area (Å²) in [6.07, 6.45) is 0.438. The summed E-state index contributed by atoms with van der Waals surface area (Å²) < 4.78 is 37.4. The number of rotatable bonds is 13. The zero-order valence-electron chi connectivity index (χ0n) is 21.2. The van der Waals surface area contributed by atoms with Gasteiger partial charge in [-0.3, -0.25) is 10.2 Å². The fourth-order valence-electron chi connectivity index (χ4n) is 3.94. The molecule has 4 rings (SSSR count). The van der Waals surface area contributed by atoms with Crippen LogP contribution in [0.15, 0.2) is 88.8 Å². The number of benzene rings is 3. The number of amides is 1. The molecule has 3 aromatic carbocycles. The second-order valence-corrected chi connectivity index (χ2v) is 11.6. The first-order valence-corrected chi connectivity index (χ1v) is 14.5. The maximum Gasteiger partial charge on any atom is 0.265 e. The molecule has 39 heavy (non-hydrogen) atoms. The molecule has 1 aliphatic heterocycles. The Labute approximate surface area is 232 Å². The Bertz CT molecular complexity index is 1400. The number of nitrogens with one attached hydrogen (secondary N) is 2. The summed E-state index contributed by atoms with van der Waals surface area (Å²) in [7, 11) is -3.66. The zero-order valence-corrected chi connectivity index (χ0v) is 22.7. The topological polar surface area (TPSA) is 126 Å². The summed E-state index contributed by atoms with van der Waals surface area (Å²) in [5, 5.41) is 9.49. The SMILES string of the molecule is O=C(NNCc1cccc(Cl)c1)[C@]1(CCS(=O)(=O)c2ccccc2)COC(c2ccc(OCCCO)cc2)=N1. The highest BCUT2D eigenvalue weighted by Crippen LogP contribution is 2.28. The lowest BCUT2D eigenvalue weighted by Gasteiger charge is -2.23. The van der Waals surface area contributed by atoms with Gasteiger partial charge in [0.15, 0.2) is 15.4 Å². The van der Waals surface area contributed by atoms with Gasteiger partial charge in [0, 0.05) is 30.2 Å². The Balaban J connectivity index is 1.52. The summed E-state index contributed by atoms with van der Waals surface area (Å²) in [4.78, 5) is 18.2. The van der Waals surface area contributed by atoms with Crippen molar-refractivity contribution in [2.24, 2.45) is 4.99 Å². The van der Waals surface area contributed by atoms with Crippen LogP contribution in [0.25, 0.3) is 0 Å². The first-order chi connectivity index (χ1) is 18.8. The van der Waals surface area contributed by atoms with Gasteiger partial charge in [0.2, 0.25) is 5.90 Å². The lowest BCUT2D eigenvalue weighted by Crippen LogP contribution is -2.52. The molecule has 1 aliphatic rings. The number of sulfone groups is 1. The van der Waals surface area contributed by atoms with E-state index in [1.807, 2.05) is 6.07 Å². The van der Waals surface area contributed by atoms with E-state index in [4.69, 9.17) is 26.2 Å². The molecular formula is C28H30ClN3O6S. The third-order valence-corrected chi connectivity index (χ3v) is 8.10. The largest absolute Gasteiger partial charge is 0.494 e. The minimum Gasteiger partial charge on any atom is -0.494 e. The maximum atomic E-state index is 13.4. The van der Waals surface area contributed by atoms with Crippen LogP contribution in [-0.4, -0.2) is 56.4 Å². The van der Waals surface area contributed by atoms with E-state index in [1.54, 1.807) is 60.7 Å². The van der Waals surface area contributed by atoms with Gasteiger partial charge in [0.1, 0.15) is 12.4 Å². The molecule has 11 heteroatoms. The van der Waals surface area contributed by atoms with Crippen LogP contribution in [0.4, 0.5) is 0 Å². The molecule has 1 atom stereocenters. The van der Waals surface area contributed by atoms with E-state index in [2.05, 4.69) is 15.8 Å². The molecular weight excluding hydrogens is 542 g/mol. The number of nitrogens with zero attached hydrogens (tertiary/aromatic N) is 1. The first-order valence-electron chi connectivity index (χ1n) is 12.4. The number of aliphatic hydroxyl groups excluding tert-OH is 1. The molecule has 0 saturated heterocycles. The highest BCUT2D eigenvalue weighted by molar-refractivity contribution is 7.91. The van der Waals surface area contributed by atoms with Crippen LogP contribution in [-0.2, 0) is 25.9 Å². The van der Waals surface area contributed by atoms with Gasteiger partial charge in [-0.05, 0) is 60.5 Å². The molecule has 9 nitrogen and oxygen atoms in total. The van der Waals surface area contributed by atoms with E-state index < -0.39 is 21.3 Å². The van der Waals surface area contributed by atoms with Gasteiger partial charge in [0.05, 0.1) is 17.3 Å². The second-order valence-electron chi connectivity index (χ2n) is 9.01. The van der Waals surface area contributed by atoms with Crippen LogP contribution < -0.4 is 15.6 Å². The number of aliphatic hydroxyl groups is 1. The smallest absolute Gasteiger partial charge is 0.265 e. The second kappa shape index (κ2) is 13.1. The number of hydrogen-bond donors (Lipinski definition) is 3. The molecule has 3 N–H and O–H groups in total. The number of carbonyl (C=O) groups excluding carboxylic acids is 1. The van der Waals surface area contributed by atoms with Gasteiger partial charge in [-0.2, -0.15) is 0 Å². The molecule has 0 radical (unpaired) electrons. The normalized spacial score (nSPS) is 16.8. The minimum atomic E-state index is -3.66. The monoisotopic (exact) mass is 571 g/mol. The van der Waals surface area contributed by atoms with E-state index in [0.717, 1.165) is 5.56 Å². The first kappa shape index (κ1) is 28.6. The fraction of sp³-hybridized carbons (Fsp3) is 0.286. The van der Waals surface area contributed by atoms with E-state index in [1.165, 1.54) is 12.1 Å². The number of halogens is 1. The summed E-state index contributed by atoms with van der Waals surface area (Å²) in [6, 6.07) is 22.3. The van der Waals surface area contributed by atoms with Crippen molar-refractivity contribution in [3.63, 3.8) is 0 Å². The molecule has 0 unspecified atom stereocenters. The lowest BCUT2D eigenvalue weighted by atomic mass is 9.98. The molecule has 3 aromatic rings. The molecule has 0 aliphatic carbocycles. The van der Waals surface area contributed by atoms with Crippen molar-refractivity contribution < 1.29 is 27.8 Å². The van der Waals surface area contributed by atoms with Crippen molar-refractivity contribution in [3.8, 4) is 5.75 Å². The standard InChI is InChI=1S/C28H30ClN3O6S/c29-23-7-4-6-21(18-23)19-30-32-27(34)28(14-17-39(35,36)25-8-2-1-3-9-25)20-38-26(31-28)22-10-12-24(13-11-22)37-16-5-15-33/h1-4,6-13,18,30,33H,5,14-17,19-20H2,(H,32,34)/t28-/m0/s1. The quantitative estimate of drug-likeness (QED) is 0.212. The fourth-order valence-corrected chi connectivity index (χ4v) is 5.57. The molecule has 0 fully saturated rings. The third kappa shape index (κ3) is 7.57. The molecule has 0 spiro atoms. The maximum absolute atomic E-state index is 13.4. The molecule has 0 bridgehead atoms. The molecule has 1 amide bonds. The molecule has 0 aromatic heterocycles. The number of ether oxygens (including phenoxy) is 2. The van der Waals surface area contributed by atoms with Crippen molar-refractivity contribution >= 4 is 33.2 Å². The molecule has 206 valence electrons. The Kier molecular flexibility index (Phi) is 9.58. The Morgan fingerprint density at radius 3 is 2.56 bits per heavy atom. The average molecular weight is 572 g/mol. The highest BCUT2D eigenvalue weighted by Gasteiger charge is 2.45. The van der Waals surface area contributed by atoms with Crippen molar-refractivity contribution in [3.05, 3.63) is 95.0 Å². The molecule has 1 heterocycles. The van der Waals surface area contributed by atoms with Crippen molar-refractivity contribution in [2.45, 2.75) is 29.8 Å². The minimum absolute atomic E-state index is 0.0425. The lowest BCUT2D eigenvalue weighted by molar-refractivity contribution is -0.127. The molecule has 0 saturated carbocycles. The van der Waals surface area contributed by atoms with Crippen LogP contribution in [0.2, 0.25) is 5.02 Å². The summed E-state index contributed by atoms with van der Waals surface area (Å²) >= 11 is 6.04. The zero-order chi connectivity index (χ0) is 27.7. The number of hydrogen-bond acceptors (Lipinski definition) is 8. The van der Waals surface area contributed by atoms with Gasteiger partial charge in [-0.25, -0.2) is 18.8 Å². The summed E-state index contributed by atoms with van der Waals surface area (Å²) in [6.45, 7) is 0.613. The third-order valence-electron chi connectivity index (χ3n) is 6.13. The Hall–Kier alpha value is -3.44. The van der Waals surface area contributed by atoms with Crippen molar-refractivity contribution in [1.82, 2.24) is 10.9 Å². The Morgan fingerprint density at radius 1 is 1.08 bits per heavy atom. The van der Waals surface area contributed by atoms with Gasteiger partial charge in [-0.15, -0.1) is 0 Å². The summed E-state index contributed by atoms with van der Waals surface area (Å²) in [5.41, 5.74) is 5.56. The van der Waals surface area contributed by atoms with Crippen molar-refractivity contribution in [1.29, 1.82) is 0 Å². The average Bonchev–Trinajstić information content (AvgIpc) is 3.39.